The van der Waals surface area contributed by atoms with Gasteiger partial charge in [0.05, 0.1) is 6.42 Å². The van der Waals surface area contributed by atoms with E-state index < -0.39 is 0 Å². The van der Waals surface area contributed by atoms with Crippen molar-refractivity contribution in [2.45, 2.75) is 26.3 Å². The Morgan fingerprint density at radius 3 is 2.72 bits per heavy atom. The maximum Gasteiger partial charge on any atom is 0.170 e. The lowest BCUT2D eigenvalue weighted by Crippen LogP contribution is -2.10. The van der Waals surface area contributed by atoms with Crippen LogP contribution < -0.4 is 0 Å². The first kappa shape index (κ1) is 12.8. The number of imidazole rings is 1. The molecule has 4 heteroatoms. The minimum absolute atomic E-state index is 0.0650. The highest BCUT2D eigenvalue weighted by Crippen LogP contribution is 2.12. The van der Waals surface area contributed by atoms with E-state index in [0.29, 0.717) is 17.0 Å². The zero-order valence-electron chi connectivity index (χ0n) is 10.3. The molecule has 0 aliphatic carbocycles. The van der Waals surface area contributed by atoms with Crippen LogP contribution in [0.5, 0.6) is 0 Å². The normalized spacial score (nSPS) is 10.6. The molecule has 3 nitrogen and oxygen atoms in total. The number of hydrogen-bond donors (Lipinski definition) is 0. The Kier molecular flexibility index (Phi) is 4.15. The summed E-state index contributed by atoms with van der Waals surface area (Å²) >= 11 is 5.80. The smallest absolute Gasteiger partial charge is 0.170 e. The van der Waals surface area contributed by atoms with Crippen molar-refractivity contribution >= 4 is 17.4 Å². The Hall–Kier alpha value is -1.61. The summed E-state index contributed by atoms with van der Waals surface area (Å²) in [5.41, 5.74) is 0.672. The third kappa shape index (κ3) is 2.99. The van der Waals surface area contributed by atoms with Crippen LogP contribution in [0.3, 0.4) is 0 Å². The van der Waals surface area contributed by atoms with E-state index in [-0.39, 0.29) is 5.78 Å². The van der Waals surface area contributed by atoms with E-state index in [1.807, 2.05) is 10.8 Å². The molecule has 94 valence electrons. The Bertz CT molecular complexity index is 531. The number of nitrogens with zero attached hydrogens (tertiary/aromatic N) is 2. The lowest BCUT2D eigenvalue weighted by molar-refractivity contribution is 0.0989. The van der Waals surface area contributed by atoms with E-state index in [0.717, 1.165) is 18.8 Å². The molecule has 2 aromatic rings. The van der Waals surface area contributed by atoms with E-state index in [1.54, 1.807) is 30.5 Å². The molecule has 1 aromatic heterocycles. The number of ketones is 1. The van der Waals surface area contributed by atoms with Crippen molar-refractivity contribution in [1.29, 1.82) is 0 Å². The predicted octanol–water partition coefficient (Wildman–Crippen LogP) is 3.37. The maximum absolute atomic E-state index is 12.1. The third-order valence-electron chi connectivity index (χ3n) is 2.75. The number of rotatable bonds is 5. The van der Waals surface area contributed by atoms with Crippen molar-refractivity contribution in [2.75, 3.05) is 0 Å². The Balaban J connectivity index is 2.11. The maximum atomic E-state index is 12.1. The van der Waals surface area contributed by atoms with Crippen molar-refractivity contribution in [3.05, 3.63) is 53.1 Å². The fourth-order valence-corrected chi connectivity index (χ4v) is 1.96. The molecule has 2 rings (SSSR count). The lowest BCUT2D eigenvalue weighted by atomic mass is 10.1. The van der Waals surface area contributed by atoms with Crippen LogP contribution in [0.15, 0.2) is 36.7 Å². The summed E-state index contributed by atoms with van der Waals surface area (Å²) in [5.74, 6) is 0.881. The fourth-order valence-electron chi connectivity index (χ4n) is 1.83. The van der Waals surface area contributed by atoms with E-state index >= 15 is 0 Å². The molecule has 0 amide bonds. The Morgan fingerprint density at radius 2 is 2.06 bits per heavy atom. The van der Waals surface area contributed by atoms with Gasteiger partial charge in [-0.05, 0) is 30.7 Å². The third-order valence-corrected chi connectivity index (χ3v) is 3.00. The van der Waals surface area contributed by atoms with Gasteiger partial charge >= 0.3 is 0 Å². The molecule has 0 saturated carbocycles. The van der Waals surface area contributed by atoms with Gasteiger partial charge in [-0.3, -0.25) is 4.79 Å². The van der Waals surface area contributed by atoms with Gasteiger partial charge in [0, 0.05) is 29.5 Å². The number of halogens is 1. The number of Topliss-reactive ketones (excluding diaryl/α,β-unsaturated/α-hetero) is 1. The topological polar surface area (TPSA) is 34.9 Å². The zero-order valence-corrected chi connectivity index (χ0v) is 11.0. The first-order chi connectivity index (χ1) is 8.70. The summed E-state index contributed by atoms with van der Waals surface area (Å²) < 4.78 is 2.02. The van der Waals surface area contributed by atoms with Gasteiger partial charge in [-0.1, -0.05) is 18.5 Å². The van der Waals surface area contributed by atoms with Gasteiger partial charge in [-0.2, -0.15) is 0 Å². The van der Waals surface area contributed by atoms with E-state index in [1.165, 1.54) is 0 Å². The minimum Gasteiger partial charge on any atom is -0.335 e. The average molecular weight is 263 g/mol. The molecule has 1 aromatic carbocycles. The van der Waals surface area contributed by atoms with E-state index in [4.69, 9.17) is 11.6 Å². The van der Waals surface area contributed by atoms with Crippen LogP contribution in [0, 0.1) is 0 Å². The van der Waals surface area contributed by atoms with Crippen LogP contribution in [0.25, 0.3) is 0 Å². The van der Waals surface area contributed by atoms with E-state index in [2.05, 4.69) is 11.9 Å². The van der Waals surface area contributed by atoms with Gasteiger partial charge in [-0.25, -0.2) is 4.98 Å². The molecule has 0 aliphatic rings. The van der Waals surface area contributed by atoms with Crippen LogP contribution in [0.1, 0.15) is 29.5 Å². The molecule has 0 fully saturated rings. The number of benzene rings is 1. The van der Waals surface area contributed by atoms with Crippen molar-refractivity contribution < 1.29 is 4.79 Å². The van der Waals surface area contributed by atoms with Crippen LogP contribution in [0.4, 0.5) is 0 Å². The van der Waals surface area contributed by atoms with Gasteiger partial charge in [0.2, 0.25) is 0 Å². The van der Waals surface area contributed by atoms with Gasteiger partial charge in [-0.15, -0.1) is 0 Å². The Labute approximate surface area is 111 Å². The molecular formula is C14H15ClN2O. The zero-order chi connectivity index (χ0) is 13.0. The molecule has 18 heavy (non-hydrogen) atoms. The fraction of sp³-hybridized carbons (Fsp3) is 0.286. The van der Waals surface area contributed by atoms with Crippen LogP contribution in [0.2, 0.25) is 5.02 Å². The molecule has 0 unspecified atom stereocenters. The minimum atomic E-state index is 0.0650. The van der Waals surface area contributed by atoms with Crippen molar-refractivity contribution in [3.8, 4) is 0 Å². The van der Waals surface area contributed by atoms with Crippen LogP contribution >= 0.6 is 11.6 Å². The first-order valence-corrected chi connectivity index (χ1v) is 6.37. The highest BCUT2D eigenvalue weighted by Gasteiger charge is 2.10. The standard InChI is InChI=1S/C14H15ClN2O/c1-2-8-17-9-7-16-14(17)10-13(18)11-3-5-12(15)6-4-11/h3-7,9H,2,8,10H2,1H3. The largest absolute Gasteiger partial charge is 0.335 e. The van der Waals surface area contributed by atoms with Crippen LogP contribution in [-0.2, 0) is 13.0 Å². The molecule has 1 heterocycles. The summed E-state index contributed by atoms with van der Waals surface area (Å²) in [6.45, 7) is 2.99. The highest BCUT2D eigenvalue weighted by molar-refractivity contribution is 6.30. The van der Waals surface area contributed by atoms with Crippen molar-refractivity contribution in [3.63, 3.8) is 0 Å². The summed E-state index contributed by atoms with van der Waals surface area (Å²) in [6, 6.07) is 6.95. The predicted molar refractivity (Wildman–Crippen MR) is 72.0 cm³/mol. The number of aromatic nitrogens is 2. The number of hydrogen-bond acceptors (Lipinski definition) is 2. The summed E-state index contributed by atoms with van der Waals surface area (Å²) in [6.07, 6.45) is 5.00. The lowest BCUT2D eigenvalue weighted by Gasteiger charge is -2.05. The molecule has 0 saturated heterocycles. The number of carbonyl (C=O) groups is 1. The molecular weight excluding hydrogens is 248 g/mol. The molecule has 0 aliphatic heterocycles. The second-order valence-electron chi connectivity index (χ2n) is 4.14. The van der Waals surface area contributed by atoms with E-state index in [9.17, 15) is 4.79 Å². The van der Waals surface area contributed by atoms with Gasteiger partial charge in [0.1, 0.15) is 5.82 Å². The van der Waals surface area contributed by atoms with Gasteiger partial charge in [0.15, 0.2) is 5.78 Å². The van der Waals surface area contributed by atoms with Gasteiger partial charge in [0.25, 0.3) is 0 Å². The summed E-state index contributed by atoms with van der Waals surface area (Å²) in [4.78, 5) is 16.3. The Morgan fingerprint density at radius 1 is 1.33 bits per heavy atom. The summed E-state index contributed by atoms with van der Waals surface area (Å²) in [7, 11) is 0. The highest BCUT2D eigenvalue weighted by atomic mass is 35.5. The SMILES string of the molecule is CCCn1ccnc1CC(=O)c1ccc(Cl)cc1. The van der Waals surface area contributed by atoms with Crippen molar-refractivity contribution in [1.82, 2.24) is 9.55 Å². The monoisotopic (exact) mass is 262 g/mol. The molecule has 0 radical (unpaired) electrons. The number of carbonyl (C=O) groups excluding carboxylic acids is 1. The molecule has 0 bridgehead atoms. The molecule has 0 N–H and O–H groups in total. The first-order valence-electron chi connectivity index (χ1n) is 5.99. The molecule has 0 spiro atoms. The average Bonchev–Trinajstić information content (AvgIpc) is 2.78. The second kappa shape index (κ2) is 5.83. The van der Waals surface area contributed by atoms with Crippen molar-refractivity contribution in [2.24, 2.45) is 0 Å². The summed E-state index contributed by atoms with van der Waals surface area (Å²) in [5, 5.41) is 0.638. The molecule has 0 atom stereocenters. The second-order valence-corrected chi connectivity index (χ2v) is 4.58. The quantitative estimate of drug-likeness (QED) is 0.775. The van der Waals surface area contributed by atoms with Crippen LogP contribution in [-0.4, -0.2) is 15.3 Å². The van der Waals surface area contributed by atoms with Gasteiger partial charge < -0.3 is 4.57 Å². The number of aryl methyl sites for hydroxylation is 1.